The van der Waals surface area contributed by atoms with Crippen molar-refractivity contribution in [1.82, 2.24) is 14.8 Å². The number of rotatable bonds is 7. The summed E-state index contributed by atoms with van der Waals surface area (Å²) in [5, 5.41) is 11.1. The van der Waals surface area contributed by atoms with Crippen molar-refractivity contribution in [2.75, 3.05) is 17.7 Å². The lowest BCUT2D eigenvalue weighted by atomic mass is 9.95. The third-order valence-corrected chi connectivity index (χ3v) is 6.82. The van der Waals surface area contributed by atoms with Gasteiger partial charge in [0, 0.05) is 11.4 Å². The number of methoxy groups -OCH3 is 1. The monoisotopic (exact) mass is 519 g/mol. The Balaban J connectivity index is 1.50. The highest BCUT2D eigenvalue weighted by atomic mass is 32.2. The summed E-state index contributed by atoms with van der Waals surface area (Å²) in [6.45, 7) is 1.78. The summed E-state index contributed by atoms with van der Waals surface area (Å²) < 4.78 is 34.8. The van der Waals surface area contributed by atoms with Gasteiger partial charge in [0.1, 0.15) is 23.4 Å². The Morgan fingerprint density at radius 3 is 2.57 bits per heavy atom. The maximum Gasteiger partial charge on any atom is 0.255 e. The first-order chi connectivity index (χ1) is 17.9. The summed E-state index contributed by atoms with van der Waals surface area (Å²) in [5.74, 6) is 0.226. The zero-order chi connectivity index (χ0) is 25.9. The number of ether oxygens (including phenoxy) is 1. The van der Waals surface area contributed by atoms with Crippen LogP contribution in [0.15, 0.2) is 89.2 Å². The van der Waals surface area contributed by atoms with Gasteiger partial charge in [-0.3, -0.25) is 4.79 Å². The number of carbonyl (C=O) groups is 1. The fourth-order valence-corrected chi connectivity index (χ4v) is 4.95. The minimum Gasteiger partial charge on any atom is -0.495 e. The number of fused-ring (bicyclic) bond motifs is 1. The number of allylic oxidation sites excluding steroid dienone is 1. The van der Waals surface area contributed by atoms with Crippen LogP contribution < -0.4 is 15.4 Å². The van der Waals surface area contributed by atoms with Crippen LogP contribution in [0, 0.1) is 11.6 Å². The molecule has 7 nitrogen and oxygen atoms in total. The van der Waals surface area contributed by atoms with Crippen LogP contribution in [0.4, 0.5) is 20.4 Å². The van der Waals surface area contributed by atoms with Crippen molar-refractivity contribution in [2.45, 2.75) is 23.9 Å². The van der Waals surface area contributed by atoms with Gasteiger partial charge in [0.25, 0.3) is 5.91 Å². The molecule has 0 saturated carbocycles. The van der Waals surface area contributed by atoms with E-state index in [1.807, 2.05) is 6.07 Å². The molecule has 2 heterocycles. The van der Waals surface area contributed by atoms with Gasteiger partial charge in [-0.25, -0.2) is 13.5 Å². The molecule has 5 rings (SSSR count). The van der Waals surface area contributed by atoms with E-state index in [0.717, 1.165) is 0 Å². The predicted molar refractivity (Wildman–Crippen MR) is 138 cm³/mol. The second-order valence-electron chi connectivity index (χ2n) is 8.31. The van der Waals surface area contributed by atoms with Gasteiger partial charge in [-0.15, -0.1) is 5.10 Å². The van der Waals surface area contributed by atoms with Crippen molar-refractivity contribution in [3.05, 3.63) is 107 Å². The van der Waals surface area contributed by atoms with Gasteiger partial charge in [-0.05, 0) is 48.4 Å². The molecule has 1 unspecified atom stereocenters. The van der Waals surface area contributed by atoms with Crippen molar-refractivity contribution in [2.24, 2.45) is 0 Å². The van der Waals surface area contributed by atoms with E-state index in [4.69, 9.17) is 4.74 Å². The average molecular weight is 520 g/mol. The summed E-state index contributed by atoms with van der Waals surface area (Å²) in [7, 11) is 1.53. The lowest BCUT2D eigenvalue weighted by Crippen LogP contribution is -2.31. The molecule has 0 saturated heterocycles. The van der Waals surface area contributed by atoms with E-state index >= 15 is 0 Å². The molecule has 1 aliphatic rings. The van der Waals surface area contributed by atoms with Crippen LogP contribution >= 0.6 is 11.8 Å². The number of halogens is 2. The minimum atomic E-state index is -0.679. The quantitative estimate of drug-likeness (QED) is 0.301. The molecule has 1 amide bonds. The van der Waals surface area contributed by atoms with Crippen molar-refractivity contribution in [1.29, 1.82) is 0 Å². The molecule has 0 fully saturated rings. The number of carbonyl (C=O) groups excluding carboxylic acids is 1. The number of nitrogens with one attached hydrogen (secondary N) is 2. The summed E-state index contributed by atoms with van der Waals surface area (Å²) in [6.07, 6.45) is 0. The Kier molecular flexibility index (Phi) is 6.91. The van der Waals surface area contributed by atoms with Gasteiger partial charge in [0.2, 0.25) is 11.1 Å². The molecule has 1 aliphatic heterocycles. The second kappa shape index (κ2) is 10.4. The average Bonchev–Trinajstić information content (AvgIpc) is 3.30. The summed E-state index contributed by atoms with van der Waals surface area (Å²) in [6, 6.07) is 18.9. The Bertz CT molecular complexity index is 1490. The van der Waals surface area contributed by atoms with E-state index in [-0.39, 0.29) is 11.7 Å². The van der Waals surface area contributed by atoms with Crippen LogP contribution in [0.5, 0.6) is 5.75 Å². The first kappa shape index (κ1) is 24.5. The molecule has 0 bridgehead atoms. The Hall–Kier alpha value is -4.18. The van der Waals surface area contributed by atoms with Gasteiger partial charge < -0.3 is 15.4 Å². The van der Waals surface area contributed by atoms with Crippen LogP contribution in [0.1, 0.15) is 24.1 Å². The number of aromatic nitrogens is 3. The molecular formula is C27H23F2N5O2S. The number of nitrogens with zero attached hydrogens (tertiary/aromatic N) is 3. The van der Waals surface area contributed by atoms with Crippen LogP contribution in [-0.4, -0.2) is 27.8 Å². The van der Waals surface area contributed by atoms with E-state index in [1.165, 1.54) is 37.1 Å². The largest absolute Gasteiger partial charge is 0.495 e. The summed E-state index contributed by atoms with van der Waals surface area (Å²) in [4.78, 5) is 18.2. The van der Waals surface area contributed by atoms with Gasteiger partial charge in [0.05, 0.1) is 18.4 Å². The molecule has 4 aromatic rings. The SMILES string of the molecule is COc1ccccc1NC(=O)C1=C(C)Nc2nc(SCc3ccccc3F)nn2C1c1ccc(F)cc1. The summed E-state index contributed by atoms with van der Waals surface area (Å²) in [5.41, 5.74) is 2.67. The molecular weight excluding hydrogens is 496 g/mol. The molecule has 3 aromatic carbocycles. The number of hydrogen-bond donors (Lipinski definition) is 2. The standard InChI is InChI=1S/C27H23F2N5O2S/c1-16-23(25(35)31-21-9-5-6-10-22(21)36-2)24(17-11-13-19(28)14-12-17)34-26(30-16)32-27(33-34)37-15-18-7-3-4-8-20(18)29/h3-14,24H,15H2,1-2H3,(H,31,35)(H,30,32,33). The van der Waals surface area contributed by atoms with E-state index in [1.54, 1.807) is 60.1 Å². The predicted octanol–water partition coefficient (Wildman–Crippen LogP) is 5.78. The molecule has 0 aliphatic carbocycles. The van der Waals surface area contributed by atoms with E-state index in [9.17, 15) is 13.6 Å². The normalized spacial score (nSPS) is 14.6. The fourth-order valence-electron chi connectivity index (χ4n) is 4.14. The third kappa shape index (κ3) is 5.05. The molecule has 188 valence electrons. The van der Waals surface area contributed by atoms with Crippen LogP contribution in [-0.2, 0) is 10.5 Å². The first-order valence-corrected chi connectivity index (χ1v) is 12.4. The molecule has 10 heteroatoms. The van der Waals surface area contributed by atoms with E-state index in [0.29, 0.717) is 50.7 Å². The van der Waals surface area contributed by atoms with E-state index < -0.39 is 11.9 Å². The zero-order valence-electron chi connectivity index (χ0n) is 20.0. The molecule has 0 radical (unpaired) electrons. The first-order valence-electron chi connectivity index (χ1n) is 11.4. The number of hydrogen-bond acceptors (Lipinski definition) is 6. The van der Waals surface area contributed by atoms with Crippen molar-refractivity contribution in [3.8, 4) is 5.75 Å². The van der Waals surface area contributed by atoms with Crippen LogP contribution in [0.2, 0.25) is 0 Å². The van der Waals surface area contributed by atoms with Crippen molar-refractivity contribution < 1.29 is 18.3 Å². The second-order valence-corrected chi connectivity index (χ2v) is 9.26. The van der Waals surface area contributed by atoms with Gasteiger partial charge in [-0.2, -0.15) is 4.98 Å². The highest BCUT2D eigenvalue weighted by molar-refractivity contribution is 7.98. The lowest BCUT2D eigenvalue weighted by Gasteiger charge is -2.28. The van der Waals surface area contributed by atoms with Crippen molar-refractivity contribution in [3.63, 3.8) is 0 Å². The molecule has 1 atom stereocenters. The van der Waals surface area contributed by atoms with Gasteiger partial charge in [-0.1, -0.05) is 54.2 Å². The number of anilines is 2. The lowest BCUT2D eigenvalue weighted by molar-refractivity contribution is -0.113. The molecule has 2 N–H and O–H groups in total. The maximum atomic E-state index is 14.1. The van der Waals surface area contributed by atoms with Crippen molar-refractivity contribution >= 4 is 29.3 Å². The summed E-state index contributed by atoms with van der Waals surface area (Å²) >= 11 is 1.28. The Morgan fingerprint density at radius 2 is 1.81 bits per heavy atom. The van der Waals surface area contributed by atoms with E-state index in [2.05, 4.69) is 20.7 Å². The fraction of sp³-hybridized carbons (Fsp3) is 0.148. The van der Waals surface area contributed by atoms with Gasteiger partial charge in [0.15, 0.2) is 0 Å². The van der Waals surface area contributed by atoms with Crippen LogP contribution in [0.25, 0.3) is 0 Å². The third-order valence-electron chi connectivity index (χ3n) is 5.93. The number of thioether (sulfide) groups is 1. The number of amides is 1. The minimum absolute atomic E-state index is 0.297. The van der Waals surface area contributed by atoms with Gasteiger partial charge >= 0.3 is 0 Å². The highest BCUT2D eigenvalue weighted by Crippen LogP contribution is 2.37. The topological polar surface area (TPSA) is 81.1 Å². The molecule has 37 heavy (non-hydrogen) atoms. The van der Waals surface area contributed by atoms with Crippen LogP contribution in [0.3, 0.4) is 0 Å². The molecule has 0 spiro atoms. The Morgan fingerprint density at radius 1 is 1.08 bits per heavy atom. The maximum absolute atomic E-state index is 14.1. The number of benzene rings is 3. The number of para-hydroxylation sites is 2. The smallest absolute Gasteiger partial charge is 0.255 e. The Labute approximate surface area is 216 Å². The molecule has 1 aromatic heterocycles. The zero-order valence-corrected chi connectivity index (χ0v) is 20.9. The highest BCUT2D eigenvalue weighted by Gasteiger charge is 2.34.